The SMILES string of the molecule is CCn1c(S[C@H](C)C(=O)NCc2ccc(F)cc2)nnc1-c1ccc(OC)cc1. The molecule has 0 fully saturated rings. The largest absolute Gasteiger partial charge is 0.497 e. The zero-order valence-electron chi connectivity index (χ0n) is 16.6. The highest BCUT2D eigenvalue weighted by Crippen LogP contribution is 2.27. The maximum Gasteiger partial charge on any atom is 0.233 e. The van der Waals surface area contributed by atoms with Crippen LogP contribution in [0.5, 0.6) is 5.75 Å². The Morgan fingerprint density at radius 2 is 1.86 bits per heavy atom. The van der Waals surface area contributed by atoms with E-state index >= 15 is 0 Å². The highest BCUT2D eigenvalue weighted by Gasteiger charge is 2.20. The minimum atomic E-state index is -0.353. The van der Waals surface area contributed by atoms with Crippen LogP contribution in [0.4, 0.5) is 4.39 Å². The van der Waals surface area contributed by atoms with Crippen molar-refractivity contribution in [3.8, 4) is 17.1 Å². The third-order valence-corrected chi connectivity index (χ3v) is 5.49. The van der Waals surface area contributed by atoms with Crippen molar-refractivity contribution in [3.63, 3.8) is 0 Å². The first-order valence-corrected chi connectivity index (χ1v) is 10.2. The lowest BCUT2D eigenvalue weighted by molar-refractivity contribution is -0.120. The maximum atomic E-state index is 13.0. The number of benzene rings is 2. The first-order chi connectivity index (χ1) is 14.0. The van der Waals surface area contributed by atoms with Crippen LogP contribution in [0.3, 0.4) is 0 Å². The van der Waals surface area contributed by atoms with Crippen LogP contribution < -0.4 is 10.1 Å². The molecule has 1 amide bonds. The monoisotopic (exact) mass is 414 g/mol. The molecule has 0 saturated carbocycles. The first-order valence-electron chi connectivity index (χ1n) is 9.28. The summed E-state index contributed by atoms with van der Waals surface area (Å²) in [6.07, 6.45) is 0. The van der Waals surface area contributed by atoms with Gasteiger partial charge in [-0.2, -0.15) is 0 Å². The topological polar surface area (TPSA) is 69.0 Å². The van der Waals surface area contributed by atoms with Gasteiger partial charge < -0.3 is 14.6 Å². The Labute approximate surface area is 173 Å². The Morgan fingerprint density at radius 1 is 1.17 bits per heavy atom. The summed E-state index contributed by atoms with van der Waals surface area (Å²) in [7, 11) is 1.63. The van der Waals surface area contributed by atoms with Crippen LogP contribution in [0.25, 0.3) is 11.4 Å². The molecule has 6 nitrogen and oxygen atoms in total. The molecule has 0 unspecified atom stereocenters. The fourth-order valence-electron chi connectivity index (χ4n) is 2.76. The zero-order chi connectivity index (χ0) is 20.8. The van der Waals surface area contributed by atoms with E-state index in [2.05, 4.69) is 15.5 Å². The normalized spacial score (nSPS) is 11.9. The van der Waals surface area contributed by atoms with Gasteiger partial charge in [-0.3, -0.25) is 4.79 Å². The van der Waals surface area contributed by atoms with Crippen molar-refractivity contribution < 1.29 is 13.9 Å². The molecule has 0 bridgehead atoms. The van der Waals surface area contributed by atoms with Crippen LogP contribution in [0.2, 0.25) is 0 Å². The highest BCUT2D eigenvalue weighted by atomic mass is 32.2. The lowest BCUT2D eigenvalue weighted by Crippen LogP contribution is -2.30. The summed E-state index contributed by atoms with van der Waals surface area (Å²) >= 11 is 1.36. The van der Waals surface area contributed by atoms with Crippen LogP contribution in [-0.4, -0.2) is 33.0 Å². The second kappa shape index (κ2) is 9.56. The summed E-state index contributed by atoms with van der Waals surface area (Å²) in [5, 5.41) is 11.8. The van der Waals surface area contributed by atoms with Gasteiger partial charge in [0.25, 0.3) is 0 Å². The average molecular weight is 415 g/mol. The number of carbonyl (C=O) groups is 1. The van der Waals surface area contributed by atoms with E-state index in [1.54, 1.807) is 19.2 Å². The third kappa shape index (κ3) is 5.14. The van der Waals surface area contributed by atoms with Gasteiger partial charge in [0.1, 0.15) is 11.6 Å². The first kappa shape index (κ1) is 20.9. The Bertz CT molecular complexity index is 958. The number of methoxy groups -OCH3 is 1. The van der Waals surface area contributed by atoms with E-state index in [9.17, 15) is 9.18 Å². The van der Waals surface area contributed by atoms with Gasteiger partial charge >= 0.3 is 0 Å². The van der Waals surface area contributed by atoms with Crippen LogP contribution in [0.15, 0.2) is 53.7 Å². The molecule has 0 spiro atoms. The fourth-order valence-corrected chi connectivity index (χ4v) is 3.70. The van der Waals surface area contributed by atoms with Crippen molar-refractivity contribution in [2.75, 3.05) is 7.11 Å². The predicted octanol–water partition coefficient (Wildman–Crippen LogP) is 3.91. The molecule has 3 rings (SSSR count). The van der Waals surface area contributed by atoms with Crippen molar-refractivity contribution in [2.45, 2.75) is 37.3 Å². The van der Waals surface area contributed by atoms with E-state index in [0.717, 1.165) is 22.7 Å². The molecule has 29 heavy (non-hydrogen) atoms. The molecule has 2 aromatic carbocycles. The van der Waals surface area contributed by atoms with E-state index in [0.29, 0.717) is 18.2 Å². The number of hydrogen-bond donors (Lipinski definition) is 1. The lowest BCUT2D eigenvalue weighted by atomic mass is 10.2. The molecule has 1 N–H and O–H groups in total. The summed E-state index contributed by atoms with van der Waals surface area (Å²) in [5.41, 5.74) is 1.77. The second-order valence-electron chi connectivity index (χ2n) is 6.38. The van der Waals surface area contributed by atoms with E-state index in [4.69, 9.17) is 4.74 Å². The fraction of sp³-hybridized carbons (Fsp3) is 0.286. The Morgan fingerprint density at radius 3 is 2.48 bits per heavy atom. The smallest absolute Gasteiger partial charge is 0.233 e. The van der Waals surface area contributed by atoms with Crippen molar-refractivity contribution in [1.29, 1.82) is 0 Å². The summed E-state index contributed by atoms with van der Waals surface area (Å²) < 4.78 is 20.2. The minimum absolute atomic E-state index is 0.115. The van der Waals surface area contributed by atoms with Crippen LogP contribution in [-0.2, 0) is 17.9 Å². The van der Waals surface area contributed by atoms with Gasteiger partial charge in [-0.05, 0) is 55.8 Å². The average Bonchev–Trinajstić information content (AvgIpc) is 3.15. The number of aromatic nitrogens is 3. The van der Waals surface area contributed by atoms with E-state index in [1.807, 2.05) is 42.7 Å². The molecule has 0 aliphatic heterocycles. The summed E-state index contributed by atoms with van der Waals surface area (Å²) in [5.74, 6) is 1.11. The molecule has 1 heterocycles. The van der Waals surface area contributed by atoms with Gasteiger partial charge in [0, 0.05) is 18.7 Å². The van der Waals surface area contributed by atoms with Crippen LogP contribution in [0.1, 0.15) is 19.4 Å². The zero-order valence-corrected chi connectivity index (χ0v) is 17.4. The molecule has 3 aromatic rings. The third-order valence-electron chi connectivity index (χ3n) is 4.41. The number of hydrogen-bond acceptors (Lipinski definition) is 5. The lowest BCUT2D eigenvalue weighted by Gasteiger charge is -2.13. The second-order valence-corrected chi connectivity index (χ2v) is 7.69. The molecule has 152 valence electrons. The Kier molecular flexibility index (Phi) is 6.87. The van der Waals surface area contributed by atoms with Gasteiger partial charge in [-0.1, -0.05) is 23.9 Å². The van der Waals surface area contributed by atoms with Crippen LogP contribution in [0, 0.1) is 5.82 Å². The molecule has 0 saturated heterocycles. The van der Waals surface area contributed by atoms with E-state index < -0.39 is 0 Å². The quantitative estimate of drug-likeness (QED) is 0.566. The molecule has 8 heteroatoms. The van der Waals surface area contributed by atoms with Crippen molar-refractivity contribution >= 4 is 17.7 Å². The number of carbonyl (C=O) groups excluding carboxylic acids is 1. The summed E-state index contributed by atoms with van der Waals surface area (Å²) in [4.78, 5) is 12.5. The van der Waals surface area contributed by atoms with Crippen molar-refractivity contribution in [3.05, 3.63) is 59.9 Å². The molecule has 0 radical (unpaired) electrons. The Hall–Kier alpha value is -2.87. The number of rotatable bonds is 8. The van der Waals surface area contributed by atoms with Crippen LogP contribution >= 0.6 is 11.8 Å². The molecule has 1 atom stereocenters. The van der Waals surface area contributed by atoms with Crippen molar-refractivity contribution in [2.24, 2.45) is 0 Å². The molecular formula is C21H23FN4O2S. The molecule has 0 aliphatic carbocycles. The Balaban J connectivity index is 1.66. The number of halogens is 1. The predicted molar refractivity (Wildman–Crippen MR) is 111 cm³/mol. The number of amides is 1. The highest BCUT2D eigenvalue weighted by molar-refractivity contribution is 8.00. The van der Waals surface area contributed by atoms with Gasteiger partial charge in [-0.15, -0.1) is 10.2 Å². The minimum Gasteiger partial charge on any atom is -0.497 e. The van der Waals surface area contributed by atoms with E-state index in [1.165, 1.54) is 23.9 Å². The number of nitrogens with zero attached hydrogens (tertiary/aromatic N) is 3. The van der Waals surface area contributed by atoms with Crippen molar-refractivity contribution in [1.82, 2.24) is 20.1 Å². The van der Waals surface area contributed by atoms with Gasteiger partial charge in [0.2, 0.25) is 5.91 Å². The maximum absolute atomic E-state index is 13.0. The number of nitrogens with one attached hydrogen (secondary N) is 1. The van der Waals surface area contributed by atoms with Gasteiger partial charge in [-0.25, -0.2) is 4.39 Å². The molecular weight excluding hydrogens is 391 g/mol. The van der Waals surface area contributed by atoms with Gasteiger partial charge in [0.05, 0.1) is 12.4 Å². The number of thioether (sulfide) groups is 1. The summed E-state index contributed by atoms with van der Waals surface area (Å²) in [6, 6.07) is 13.7. The van der Waals surface area contributed by atoms with E-state index in [-0.39, 0.29) is 17.0 Å². The standard InChI is InChI=1S/C21H23FN4O2S/c1-4-26-19(16-7-11-18(28-3)12-8-16)24-25-21(26)29-14(2)20(27)23-13-15-5-9-17(22)10-6-15/h5-12,14H,4,13H2,1-3H3,(H,23,27)/t14-/m1/s1. The molecule has 0 aliphatic rings. The number of ether oxygens (including phenoxy) is 1. The summed E-state index contributed by atoms with van der Waals surface area (Å²) in [6.45, 7) is 4.87. The van der Waals surface area contributed by atoms with Gasteiger partial charge in [0.15, 0.2) is 11.0 Å². The molecule has 1 aromatic heterocycles.